The van der Waals surface area contributed by atoms with E-state index >= 15 is 0 Å². The lowest BCUT2D eigenvalue weighted by Crippen LogP contribution is -2.22. The number of anilines is 1. The average Bonchev–Trinajstić information content (AvgIpc) is 2.35. The van der Waals surface area contributed by atoms with E-state index in [0.717, 1.165) is 0 Å². The molecular weight excluding hydrogens is 222 g/mol. The van der Waals surface area contributed by atoms with Crippen LogP contribution in [-0.2, 0) is 0 Å². The lowest BCUT2D eigenvalue weighted by Gasteiger charge is -2.15. The molecule has 1 atom stereocenters. The zero-order valence-corrected chi connectivity index (χ0v) is 9.38. The fraction of sp³-hybridized carbons (Fsp3) is 0.364. The first-order chi connectivity index (χ1) is 8.12. The summed E-state index contributed by atoms with van der Waals surface area (Å²) in [5.41, 5.74) is 0.319. The Morgan fingerprint density at radius 1 is 1.65 bits per heavy atom. The molecule has 90 valence electrons. The van der Waals surface area contributed by atoms with Crippen molar-refractivity contribution >= 4 is 11.4 Å². The first-order valence-corrected chi connectivity index (χ1v) is 5.18. The molecule has 0 aliphatic heterocycles. The standard InChI is InChI=1S/C11H13N3O3/c1-2-9(7-15)13-10-4-3-8(6-12)11(5-10)14(16)17/h3-5,9,13,15H,2,7H2,1H3. The molecule has 1 aromatic carbocycles. The zero-order valence-electron chi connectivity index (χ0n) is 9.38. The Hall–Kier alpha value is -2.13. The maximum Gasteiger partial charge on any atom is 0.289 e. The maximum absolute atomic E-state index is 10.7. The van der Waals surface area contributed by atoms with Gasteiger partial charge in [0.25, 0.3) is 5.69 Å². The molecule has 0 heterocycles. The van der Waals surface area contributed by atoms with Crippen LogP contribution >= 0.6 is 0 Å². The summed E-state index contributed by atoms with van der Waals surface area (Å²) in [6, 6.07) is 5.90. The van der Waals surface area contributed by atoms with Crippen molar-refractivity contribution in [2.75, 3.05) is 11.9 Å². The maximum atomic E-state index is 10.7. The second kappa shape index (κ2) is 5.82. The van der Waals surface area contributed by atoms with Gasteiger partial charge < -0.3 is 10.4 Å². The third kappa shape index (κ3) is 3.16. The van der Waals surface area contributed by atoms with E-state index in [1.54, 1.807) is 12.1 Å². The van der Waals surface area contributed by atoms with E-state index in [4.69, 9.17) is 10.4 Å². The van der Waals surface area contributed by atoms with Crippen molar-refractivity contribution in [3.05, 3.63) is 33.9 Å². The Balaban J connectivity index is 3.01. The summed E-state index contributed by atoms with van der Waals surface area (Å²) in [6.07, 6.45) is 0.699. The number of rotatable bonds is 5. The summed E-state index contributed by atoms with van der Waals surface area (Å²) in [5, 5.41) is 31.4. The van der Waals surface area contributed by atoms with Crippen molar-refractivity contribution in [1.29, 1.82) is 5.26 Å². The van der Waals surface area contributed by atoms with Crippen molar-refractivity contribution in [3.8, 4) is 6.07 Å². The molecule has 0 aromatic heterocycles. The number of nitro groups is 1. The quantitative estimate of drug-likeness (QED) is 0.597. The summed E-state index contributed by atoms with van der Waals surface area (Å²) in [5.74, 6) is 0. The average molecular weight is 235 g/mol. The van der Waals surface area contributed by atoms with Crippen LogP contribution in [0.15, 0.2) is 18.2 Å². The molecule has 0 radical (unpaired) electrons. The van der Waals surface area contributed by atoms with Crippen LogP contribution in [0.25, 0.3) is 0 Å². The number of nitrogens with one attached hydrogen (secondary N) is 1. The van der Waals surface area contributed by atoms with Gasteiger partial charge in [0.2, 0.25) is 0 Å². The second-order valence-corrected chi connectivity index (χ2v) is 3.53. The molecular formula is C11H13N3O3. The fourth-order valence-corrected chi connectivity index (χ4v) is 1.38. The number of benzene rings is 1. The summed E-state index contributed by atoms with van der Waals surface area (Å²) < 4.78 is 0. The first-order valence-electron chi connectivity index (χ1n) is 5.18. The van der Waals surface area contributed by atoms with Crippen LogP contribution in [0.2, 0.25) is 0 Å². The van der Waals surface area contributed by atoms with Crippen molar-refractivity contribution in [1.82, 2.24) is 0 Å². The van der Waals surface area contributed by atoms with Gasteiger partial charge in [0.15, 0.2) is 0 Å². The van der Waals surface area contributed by atoms with Crippen LogP contribution in [0.5, 0.6) is 0 Å². The first kappa shape index (κ1) is 12.9. The highest BCUT2D eigenvalue weighted by atomic mass is 16.6. The second-order valence-electron chi connectivity index (χ2n) is 3.53. The van der Waals surface area contributed by atoms with Gasteiger partial charge in [-0.25, -0.2) is 0 Å². The zero-order chi connectivity index (χ0) is 12.8. The van der Waals surface area contributed by atoms with E-state index in [-0.39, 0.29) is 23.9 Å². The summed E-state index contributed by atoms with van der Waals surface area (Å²) >= 11 is 0. The van der Waals surface area contributed by atoms with Crippen molar-refractivity contribution in [2.45, 2.75) is 19.4 Å². The van der Waals surface area contributed by atoms with Gasteiger partial charge in [0, 0.05) is 17.8 Å². The largest absolute Gasteiger partial charge is 0.394 e. The summed E-state index contributed by atoms with van der Waals surface area (Å²) in [6.45, 7) is 1.84. The number of hydrogen-bond donors (Lipinski definition) is 2. The van der Waals surface area contributed by atoms with Gasteiger partial charge in [-0.1, -0.05) is 6.92 Å². The molecule has 1 unspecified atom stereocenters. The van der Waals surface area contributed by atoms with Gasteiger partial charge >= 0.3 is 0 Å². The van der Waals surface area contributed by atoms with Crippen LogP contribution < -0.4 is 5.32 Å². The highest BCUT2D eigenvalue weighted by Gasteiger charge is 2.15. The normalized spacial score (nSPS) is 11.6. The third-order valence-corrected chi connectivity index (χ3v) is 2.40. The molecule has 17 heavy (non-hydrogen) atoms. The van der Waals surface area contributed by atoms with E-state index < -0.39 is 4.92 Å². The third-order valence-electron chi connectivity index (χ3n) is 2.40. The highest BCUT2D eigenvalue weighted by molar-refractivity contribution is 5.59. The molecule has 0 spiro atoms. The number of aliphatic hydroxyl groups excluding tert-OH is 1. The number of nitro benzene ring substituents is 1. The van der Waals surface area contributed by atoms with Crippen molar-refractivity contribution < 1.29 is 10.0 Å². The van der Waals surface area contributed by atoms with E-state index in [1.807, 2.05) is 6.92 Å². The lowest BCUT2D eigenvalue weighted by molar-refractivity contribution is -0.385. The van der Waals surface area contributed by atoms with Gasteiger partial charge in [-0.15, -0.1) is 0 Å². The SMILES string of the molecule is CCC(CO)Nc1ccc(C#N)c([N+](=O)[O-])c1. The van der Waals surface area contributed by atoms with E-state index in [2.05, 4.69) is 5.32 Å². The molecule has 1 aromatic rings. The van der Waals surface area contributed by atoms with E-state index in [9.17, 15) is 10.1 Å². The van der Waals surface area contributed by atoms with E-state index in [1.165, 1.54) is 12.1 Å². The minimum atomic E-state index is -0.594. The predicted octanol–water partition coefficient (Wildman–Crippen LogP) is 1.65. The van der Waals surface area contributed by atoms with Crippen LogP contribution in [0.3, 0.4) is 0 Å². The minimum Gasteiger partial charge on any atom is -0.394 e. The predicted molar refractivity (Wildman–Crippen MR) is 62.6 cm³/mol. The molecule has 0 saturated carbocycles. The van der Waals surface area contributed by atoms with Crippen LogP contribution in [0, 0.1) is 21.4 Å². The highest BCUT2D eigenvalue weighted by Crippen LogP contribution is 2.23. The fourth-order valence-electron chi connectivity index (χ4n) is 1.38. The van der Waals surface area contributed by atoms with Gasteiger partial charge in [-0.05, 0) is 18.6 Å². The number of hydrogen-bond acceptors (Lipinski definition) is 5. The monoisotopic (exact) mass is 235 g/mol. The minimum absolute atomic E-state index is 0.0256. The van der Waals surface area contributed by atoms with Crippen LogP contribution in [0.4, 0.5) is 11.4 Å². The Labute approximate surface area is 98.6 Å². The Bertz CT molecular complexity index is 450. The molecule has 0 aliphatic carbocycles. The van der Waals surface area contributed by atoms with E-state index in [0.29, 0.717) is 12.1 Å². The molecule has 1 rings (SSSR count). The Morgan fingerprint density at radius 3 is 2.82 bits per heavy atom. The Kier molecular flexibility index (Phi) is 4.43. The summed E-state index contributed by atoms with van der Waals surface area (Å²) in [4.78, 5) is 10.1. The molecule has 0 aliphatic rings. The molecule has 2 N–H and O–H groups in total. The Morgan fingerprint density at radius 2 is 2.35 bits per heavy atom. The molecule has 0 saturated heterocycles. The molecule has 6 nitrogen and oxygen atoms in total. The number of nitrogens with zero attached hydrogens (tertiary/aromatic N) is 2. The lowest BCUT2D eigenvalue weighted by atomic mass is 10.1. The topological polar surface area (TPSA) is 99.2 Å². The van der Waals surface area contributed by atoms with Gasteiger partial charge in [0.05, 0.1) is 11.5 Å². The van der Waals surface area contributed by atoms with Gasteiger partial charge in [0.1, 0.15) is 11.6 Å². The molecule has 6 heteroatoms. The van der Waals surface area contributed by atoms with Crippen LogP contribution in [0.1, 0.15) is 18.9 Å². The molecule has 0 bridgehead atoms. The molecule has 0 amide bonds. The number of aliphatic hydroxyl groups is 1. The van der Waals surface area contributed by atoms with Crippen LogP contribution in [-0.4, -0.2) is 22.7 Å². The molecule has 0 fully saturated rings. The van der Waals surface area contributed by atoms with Crippen molar-refractivity contribution in [3.63, 3.8) is 0 Å². The summed E-state index contributed by atoms with van der Waals surface area (Å²) in [7, 11) is 0. The van der Waals surface area contributed by atoms with Crippen molar-refractivity contribution in [2.24, 2.45) is 0 Å². The smallest absolute Gasteiger partial charge is 0.289 e. The van der Waals surface area contributed by atoms with Gasteiger partial charge in [-0.3, -0.25) is 10.1 Å². The van der Waals surface area contributed by atoms with Gasteiger partial charge in [-0.2, -0.15) is 5.26 Å². The number of nitriles is 1.